The number of hydrogen-bond acceptors (Lipinski definition) is 11. The first-order valence-electron chi connectivity index (χ1n) is 18.5. The van der Waals surface area contributed by atoms with Crippen LogP contribution < -0.4 is 36.1 Å². The molecular formula is C42H57Cl3F2N8O8. The molecule has 0 radical (unpaired) electrons. The molecule has 2 aliphatic heterocycles. The van der Waals surface area contributed by atoms with Crippen molar-refractivity contribution >= 4 is 82.7 Å². The Labute approximate surface area is 384 Å². The maximum absolute atomic E-state index is 14.0. The molecule has 348 valence electrons. The smallest absolute Gasteiger partial charge is 0.409 e. The molecule has 0 unspecified atom stereocenters. The van der Waals surface area contributed by atoms with Crippen molar-refractivity contribution in [2.75, 3.05) is 61.7 Å². The van der Waals surface area contributed by atoms with E-state index in [1.54, 1.807) is 41.4 Å². The van der Waals surface area contributed by atoms with Crippen LogP contribution in [0.15, 0.2) is 73.1 Å². The van der Waals surface area contributed by atoms with Crippen LogP contribution in [0, 0.1) is 25.5 Å². The van der Waals surface area contributed by atoms with Crippen molar-refractivity contribution in [3.63, 3.8) is 0 Å². The van der Waals surface area contributed by atoms with Gasteiger partial charge in [-0.25, -0.2) is 28.0 Å². The van der Waals surface area contributed by atoms with E-state index in [-0.39, 0.29) is 63.3 Å². The minimum atomic E-state index is -0.773. The number of methoxy groups -OCH3 is 2. The molecular weight excluding hydrogens is 889 g/mol. The lowest BCUT2D eigenvalue weighted by atomic mass is 10.1. The third-order valence-corrected chi connectivity index (χ3v) is 8.58. The molecule has 5 N–H and O–H groups in total. The number of nitrogens with zero attached hydrogens (tertiary/aromatic N) is 3. The van der Waals surface area contributed by atoms with Gasteiger partial charge >= 0.3 is 23.6 Å². The van der Waals surface area contributed by atoms with Crippen molar-refractivity contribution in [3.05, 3.63) is 96.1 Å². The van der Waals surface area contributed by atoms with Gasteiger partial charge in [-0.15, -0.1) is 24.8 Å². The van der Waals surface area contributed by atoms with E-state index in [1.807, 2.05) is 13.8 Å². The fraction of sp³-hybridized carbons (Fsp3) is 0.381. The number of piperidine rings is 2. The lowest BCUT2D eigenvalue weighted by Gasteiger charge is -2.31. The zero-order chi connectivity index (χ0) is 42.7. The Bertz CT molecular complexity index is 2020. The van der Waals surface area contributed by atoms with Crippen LogP contribution in [-0.4, -0.2) is 91.1 Å². The zero-order valence-corrected chi connectivity index (χ0v) is 36.2. The SMILES string of the molecule is C.C.COC(=O)Cl.COC(=O)N1CCC[C@H](Oc2cc(F)cc(NC(=O)Nc3ccc(C)nc3)c2)C1.Cc1ccc(NC(=O)Nc2cc(F)cc(O[C@H]3CCCNC3)c2)cn1.Cl.Cl. The number of urea groups is 2. The number of halogens is 5. The Morgan fingerprint density at radius 2 is 1.16 bits per heavy atom. The fourth-order valence-corrected chi connectivity index (χ4v) is 5.71. The van der Waals surface area contributed by atoms with Crippen molar-refractivity contribution < 1.29 is 46.9 Å². The number of carbonyl (C=O) groups excluding carboxylic acids is 4. The van der Waals surface area contributed by atoms with E-state index in [0.29, 0.717) is 35.9 Å². The molecule has 16 nitrogen and oxygen atoms in total. The van der Waals surface area contributed by atoms with Crippen molar-refractivity contribution in [3.8, 4) is 11.5 Å². The molecule has 4 aromatic rings. The number of aryl methyl sites for hydroxylation is 2. The van der Waals surface area contributed by atoms with E-state index in [4.69, 9.17) is 14.2 Å². The third kappa shape index (κ3) is 21.3. The summed E-state index contributed by atoms with van der Waals surface area (Å²) in [7, 11) is 2.55. The van der Waals surface area contributed by atoms with Crippen molar-refractivity contribution in [1.29, 1.82) is 0 Å². The standard InChI is InChI=1S/C20H23FN4O4.C18H21FN4O2.C2H3ClO2.2CH4.2ClH/c1-13-5-6-15(11-22-13)23-19(26)24-16-8-14(21)9-18(10-16)29-17-4-3-7-25(12-17)20(27)28-2;1-12-4-5-14(10-21-12)22-18(24)23-15-7-13(19)8-17(9-15)25-16-3-2-6-20-11-16;1-5-2(3)4;;;;/h5-6,8-11,17H,3-4,7,12H2,1-2H3,(H2,23,24,26);4-5,7-10,16,20H,2-3,6,11H2,1H3,(H2,22,23,24);1H3;2*1H4;2*1H/t17-;16-;;;;;/m00...../s1. The summed E-state index contributed by atoms with van der Waals surface area (Å²) in [6.45, 7) is 6.36. The summed E-state index contributed by atoms with van der Waals surface area (Å²) in [5.74, 6) is -0.334. The number of amides is 5. The second-order valence-electron chi connectivity index (χ2n) is 13.2. The summed E-state index contributed by atoms with van der Waals surface area (Å²) in [6, 6.07) is 14.2. The predicted molar refractivity (Wildman–Crippen MR) is 246 cm³/mol. The lowest BCUT2D eigenvalue weighted by molar-refractivity contribution is 0.0693. The van der Waals surface area contributed by atoms with Gasteiger partial charge in [0.15, 0.2) is 0 Å². The van der Waals surface area contributed by atoms with Gasteiger partial charge in [0.25, 0.3) is 0 Å². The summed E-state index contributed by atoms with van der Waals surface area (Å²) in [5.41, 5.74) is 2.57. The highest BCUT2D eigenvalue weighted by atomic mass is 35.5. The molecule has 0 bridgehead atoms. The Morgan fingerprint density at radius 3 is 1.57 bits per heavy atom. The van der Waals surface area contributed by atoms with E-state index in [1.165, 1.54) is 50.7 Å². The molecule has 0 saturated carbocycles. The molecule has 5 amide bonds. The third-order valence-electron chi connectivity index (χ3n) is 8.43. The van der Waals surface area contributed by atoms with Crippen LogP contribution in [0.4, 0.5) is 50.7 Å². The number of nitrogens with one attached hydrogen (secondary N) is 5. The largest absolute Gasteiger partial charge is 0.489 e. The maximum atomic E-state index is 14.0. The molecule has 63 heavy (non-hydrogen) atoms. The van der Waals surface area contributed by atoms with E-state index in [0.717, 1.165) is 50.2 Å². The Kier molecular flexibility index (Phi) is 26.9. The predicted octanol–water partition coefficient (Wildman–Crippen LogP) is 10.2. The molecule has 0 spiro atoms. The first-order chi connectivity index (χ1) is 28.3. The van der Waals surface area contributed by atoms with Gasteiger partial charge in [0.2, 0.25) is 0 Å². The van der Waals surface area contributed by atoms with Gasteiger partial charge in [0, 0.05) is 71.7 Å². The number of hydrogen-bond donors (Lipinski definition) is 5. The average molecular weight is 946 g/mol. The van der Waals surface area contributed by atoms with Gasteiger partial charge in [-0.1, -0.05) is 14.9 Å². The van der Waals surface area contributed by atoms with E-state index >= 15 is 0 Å². The van der Waals surface area contributed by atoms with Crippen LogP contribution in [-0.2, 0) is 9.47 Å². The minimum Gasteiger partial charge on any atom is -0.489 e. The van der Waals surface area contributed by atoms with Crippen LogP contribution >= 0.6 is 36.4 Å². The number of ether oxygens (including phenoxy) is 4. The normalized spacial score (nSPS) is 14.7. The van der Waals surface area contributed by atoms with Crippen molar-refractivity contribution in [2.24, 2.45) is 0 Å². The molecule has 2 saturated heterocycles. The highest BCUT2D eigenvalue weighted by molar-refractivity contribution is 6.61. The fourth-order valence-electron chi connectivity index (χ4n) is 5.71. The molecule has 6 rings (SSSR count). The average Bonchev–Trinajstić information content (AvgIpc) is 3.20. The molecule has 2 aromatic carbocycles. The topological polar surface area (TPSA) is 194 Å². The van der Waals surface area contributed by atoms with Gasteiger partial charge in [-0.05, 0) is 82.5 Å². The summed E-state index contributed by atoms with van der Waals surface area (Å²) in [4.78, 5) is 55.0. The molecule has 0 aliphatic carbocycles. The van der Waals surface area contributed by atoms with Crippen molar-refractivity contribution in [2.45, 2.75) is 66.6 Å². The first-order valence-corrected chi connectivity index (χ1v) is 18.9. The Balaban J connectivity index is 0.00000105. The summed E-state index contributed by atoms with van der Waals surface area (Å²) in [5, 5.41) is 13.7. The number of likely N-dealkylation sites (tertiary alicyclic amines) is 1. The molecule has 2 aliphatic rings. The van der Waals surface area contributed by atoms with E-state index in [9.17, 15) is 28.0 Å². The monoisotopic (exact) mass is 944 g/mol. The molecule has 2 aromatic heterocycles. The van der Waals surface area contributed by atoms with Gasteiger partial charge in [0.1, 0.15) is 35.3 Å². The number of pyridine rings is 2. The molecule has 2 fully saturated rings. The minimum absolute atomic E-state index is 0. The van der Waals surface area contributed by atoms with Crippen LogP contribution in [0.2, 0.25) is 0 Å². The van der Waals surface area contributed by atoms with E-state index in [2.05, 4.69) is 52.9 Å². The second-order valence-corrected chi connectivity index (χ2v) is 13.5. The molecule has 2 atom stereocenters. The summed E-state index contributed by atoms with van der Waals surface area (Å²) in [6.07, 6.45) is 5.84. The quantitative estimate of drug-likeness (QED) is 0.106. The summed E-state index contributed by atoms with van der Waals surface area (Å²) < 4.78 is 48.1. The Hall–Kier alpha value is -5.69. The Morgan fingerprint density at radius 1 is 0.698 bits per heavy atom. The first kappa shape index (κ1) is 57.3. The van der Waals surface area contributed by atoms with Crippen LogP contribution in [0.3, 0.4) is 0 Å². The van der Waals surface area contributed by atoms with Gasteiger partial charge in [-0.2, -0.15) is 0 Å². The van der Waals surface area contributed by atoms with Gasteiger partial charge in [0.05, 0.1) is 44.5 Å². The molecule has 21 heteroatoms. The number of anilines is 4. The van der Waals surface area contributed by atoms with Crippen molar-refractivity contribution in [1.82, 2.24) is 20.2 Å². The lowest BCUT2D eigenvalue weighted by Crippen LogP contribution is -2.44. The number of rotatable bonds is 8. The van der Waals surface area contributed by atoms with Gasteiger partial charge in [-0.3, -0.25) is 9.97 Å². The number of benzene rings is 2. The number of aromatic nitrogens is 2. The van der Waals surface area contributed by atoms with E-state index < -0.39 is 35.2 Å². The molecule has 4 heterocycles. The highest BCUT2D eigenvalue weighted by Crippen LogP contribution is 2.25. The number of carbonyl (C=O) groups is 4. The highest BCUT2D eigenvalue weighted by Gasteiger charge is 2.26. The zero-order valence-electron chi connectivity index (χ0n) is 33.8. The van der Waals surface area contributed by atoms with Crippen LogP contribution in [0.1, 0.15) is 51.9 Å². The van der Waals surface area contributed by atoms with Crippen LogP contribution in [0.5, 0.6) is 11.5 Å². The summed E-state index contributed by atoms with van der Waals surface area (Å²) >= 11 is 4.60. The van der Waals surface area contributed by atoms with Gasteiger partial charge < -0.3 is 50.4 Å². The van der Waals surface area contributed by atoms with Crippen LogP contribution in [0.25, 0.3) is 0 Å². The second kappa shape index (κ2) is 29.6. The maximum Gasteiger partial charge on any atom is 0.409 e.